The second kappa shape index (κ2) is 9.30. The van der Waals surface area contributed by atoms with Gasteiger partial charge in [-0.05, 0) is 30.7 Å². The SMILES string of the molecule is Cc1ccc(NCCNCC(O)CO)c2c(=O)c3ccccc3sc12.Cl. The average Bonchev–Trinajstić information content (AvgIpc) is 2.63. The van der Waals surface area contributed by atoms with Crippen LogP contribution < -0.4 is 16.1 Å². The first-order valence-corrected chi connectivity index (χ1v) is 9.12. The Labute approximate surface area is 162 Å². The zero-order valence-corrected chi connectivity index (χ0v) is 16.1. The highest BCUT2D eigenvalue weighted by molar-refractivity contribution is 7.24. The molecule has 4 N–H and O–H groups in total. The number of halogens is 1. The lowest BCUT2D eigenvalue weighted by Crippen LogP contribution is -2.32. The van der Waals surface area contributed by atoms with Crippen molar-refractivity contribution in [2.24, 2.45) is 0 Å². The molecule has 0 spiro atoms. The second-order valence-corrected chi connectivity index (χ2v) is 7.08. The van der Waals surface area contributed by atoms with E-state index in [2.05, 4.69) is 10.6 Å². The van der Waals surface area contributed by atoms with Gasteiger partial charge in [0.25, 0.3) is 0 Å². The molecule has 0 aliphatic heterocycles. The van der Waals surface area contributed by atoms with Gasteiger partial charge >= 0.3 is 0 Å². The summed E-state index contributed by atoms with van der Waals surface area (Å²) in [6.07, 6.45) is -0.749. The zero-order chi connectivity index (χ0) is 17.8. The van der Waals surface area contributed by atoms with Gasteiger partial charge in [-0.3, -0.25) is 4.79 Å². The molecular weight excluding hydrogens is 372 g/mol. The smallest absolute Gasteiger partial charge is 0.197 e. The van der Waals surface area contributed by atoms with Gasteiger partial charge in [0.1, 0.15) is 0 Å². The van der Waals surface area contributed by atoms with E-state index in [1.54, 1.807) is 11.3 Å². The number of aliphatic hydroxyl groups excluding tert-OH is 2. The van der Waals surface area contributed by atoms with Crippen molar-refractivity contribution in [1.82, 2.24) is 5.32 Å². The van der Waals surface area contributed by atoms with E-state index in [0.29, 0.717) is 19.6 Å². The molecule has 5 nitrogen and oxygen atoms in total. The minimum atomic E-state index is -0.749. The Morgan fingerprint density at radius 3 is 2.69 bits per heavy atom. The molecule has 1 aromatic heterocycles. The van der Waals surface area contributed by atoms with E-state index in [9.17, 15) is 9.90 Å². The average molecular weight is 395 g/mol. The van der Waals surface area contributed by atoms with Crippen molar-refractivity contribution in [3.05, 3.63) is 52.2 Å². The molecule has 2 aromatic carbocycles. The molecule has 0 radical (unpaired) electrons. The van der Waals surface area contributed by atoms with Gasteiger partial charge < -0.3 is 20.8 Å². The molecule has 0 fully saturated rings. The van der Waals surface area contributed by atoms with Crippen LogP contribution in [0, 0.1) is 6.92 Å². The largest absolute Gasteiger partial charge is 0.394 e. The standard InChI is InChI=1S/C19H22N2O3S.ClH/c1-12-6-7-15(21-9-8-20-10-13(23)11-22)17-18(24)14-4-2-3-5-16(14)25-19(12)17;/h2-7,13,20-23H,8-11H2,1H3;1H. The van der Waals surface area contributed by atoms with E-state index in [-0.39, 0.29) is 24.4 Å². The van der Waals surface area contributed by atoms with Crippen molar-refractivity contribution in [3.63, 3.8) is 0 Å². The lowest BCUT2D eigenvalue weighted by Gasteiger charge is -2.13. The van der Waals surface area contributed by atoms with E-state index in [1.807, 2.05) is 43.3 Å². The van der Waals surface area contributed by atoms with Crippen LogP contribution in [0.5, 0.6) is 0 Å². The molecule has 0 bridgehead atoms. The molecule has 1 heterocycles. The molecule has 0 amide bonds. The first-order chi connectivity index (χ1) is 12.1. The Kier molecular flexibility index (Phi) is 7.37. The fraction of sp³-hybridized carbons (Fsp3) is 0.316. The number of aliphatic hydroxyl groups is 2. The summed E-state index contributed by atoms with van der Waals surface area (Å²) < 4.78 is 2.01. The van der Waals surface area contributed by atoms with Crippen LogP contribution in [0.4, 0.5) is 5.69 Å². The Morgan fingerprint density at radius 2 is 1.92 bits per heavy atom. The first kappa shape index (κ1) is 20.6. The van der Waals surface area contributed by atoms with Gasteiger partial charge in [-0.15, -0.1) is 23.7 Å². The lowest BCUT2D eigenvalue weighted by atomic mass is 10.1. The van der Waals surface area contributed by atoms with Gasteiger partial charge in [0, 0.05) is 40.1 Å². The molecule has 140 valence electrons. The maximum Gasteiger partial charge on any atom is 0.197 e. The molecule has 0 saturated heterocycles. The Morgan fingerprint density at radius 1 is 1.15 bits per heavy atom. The highest BCUT2D eigenvalue weighted by atomic mass is 35.5. The van der Waals surface area contributed by atoms with Gasteiger partial charge in [-0.1, -0.05) is 18.2 Å². The van der Waals surface area contributed by atoms with Gasteiger partial charge in [0.05, 0.1) is 18.1 Å². The Balaban J connectivity index is 0.00000243. The minimum Gasteiger partial charge on any atom is -0.394 e. The van der Waals surface area contributed by atoms with Gasteiger partial charge in [-0.2, -0.15) is 0 Å². The maximum atomic E-state index is 13.0. The highest BCUT2D eigenvalue weighted by Gasteiger charge is 2.11. The lowest BCUT2D eigenvalue weighted by molar-refractivity contribution is 0.0949. The van der Waals surface area contributed by atoms with Crippen LogP contribution in [0.1, 0.15) is 5.56 Å². The van der Waals surface area contributed by atoms with Crippen LogP contribution in [0.3, 0.4) is 0 Å². The fourth-order valence-corrected chi connectivity index (χ4v) is 3.97. The number of rotatable bonds is 7. The molecule has 3 aromatic rings. The molecule has 1 atom stereocenters. The summed E-state index contributed by atoms with van der Waals surface area (Å²) in [5, 5.41) is 26.0. The Bertz CT molecular complexity index is 945. The summed E-state index contributed by atoms with van der Waals surface area (Å²) in [5.41, 5.74) is 1.98. The third-order valence-electron chi connectivity index (χ3n) is 4.13. The molecule has 7 heteroatoms. The van der Waals surface area contributed by atoms with E-state index in [1.165, 1.54) is 0 Å². The topological polar surface area (TPSA) is 81.6 Å². The number of hydrogen-bond donors (Lipinski definition) is 4. The fourth-order valence-electron chi connectivity index (χ4n) is 2.80. The predicted molar refractivity (Wildman–Crippen MR) is 112 cm³/mol. The monoisotopic (exact) mass is 394 g/mol. The van der Waals surface area contributed by atoms with Crippen LogP contribution >= 0.6 is 23.7 Å². The molecule has 0 saturated carbocycles. The van der Waals surface area contributed by atoms with E-state index < -0.39 is 6.10 Å². The van der Waals surface area contributed by atoms with Gasteiger partial charge in [0.2, 0.25) is 0 Å². The van der Waals surface area contributed by atoms with Crippen molar-refractivity contribution < 1.29 is 10.2 Å². The number of anilines is 1. The summed E-state index contributed by atoms with van der Waals surface area (Å²) in [6.45, 7) is 3.35. The van der Waals surface area contributed by atoms with Crippen LogP contribution in [0.15, 0.2) is 41.2 Å². The summed E-state index contributed by atoms with van der Waals surface area (Å²) in [5.74, 6) is 0. The number of aryl methyl sites for hydroxylation is 1. The van der Waals surface area contributed by atoms with E-state index in [4.69, 9.17) is 5.11 Å². The van der Waals surface area contributed by atoms with Crippen molar-refractivity contribution >= 4 is 49.6 Å². The molecular formula is C19H23ClN2O3S. The summed E-state index contributed by atoms with van der Waals surface area (Å²) in [7, 11) is 0. The molecule has 0 aliphatic rings. The summed E-state index contributed by atoms with van der Waals surface area (Å²) in [6, 6.07) is 11.7. The van der Waals surface area contributed by atoms with Crippen molar-refractivity contribution in [3.8, 4) is 0 Å². The van der Waals surface area contributed by atoms with Crippen molar-refractivity contribution in [2.75, 3.05) is 31.6 Å². The van der Waals surface area contributed by atoms with Crippen molar-refractivity contribution in [1.29, 1.82) is 0 Å². The number of fused-ring (bicyclic) bond motifs is 2. The molecule has 0 aliphatic carbocycles. The van der Waals surface area contributed by atoms with Crippen molar-refractivity contribution in [2.45, 2.75) is 13.0 Å². The second-order valence-electron chi connectivity index (χ2n) is 6.03. The molecule has 1 unspecified atom stereocenters. The first-order valence-electron chi connectivity index (χ1n) is 8.30. The summed E-state index contributed by atoms with van der Waals surface area (Å²) in [4.78, 5) is 13.0. The third-order valence-corrected chi connectivity index (χ3v) is 5.44. The molecule has 26 heavy (non-hydrogen) atoms. The zero-order valence-electron chi connectivity index (χ0n) is 14.5. The Hall–Kier alpha value is -1.70. The normalized spacial score (nSPS) is 12.1. The van der Waals surface area contributed by atoms with Crippen LogP contribution in [0.2, 0.25) is 0 Å². The number of hydrogen-bond acceptors (Lipinski definition) is 6. The number of nitrogens with one attached hydrogen (secondary N) is 2. The van der Waals surface area contributed by atoms with Crippen LogP contribution in [0.25, 0.3) is 20.2 Å². The summed E-state index contributed by atoms with van der Waals surface area (Å²) >= 11 is 1.64. The van der Waals surface area contributed by atoms with Gasteiger partial charge in [0.15, 0.2) is 5.43 Å². The van der Waals surface area contributed by atoms with Crippen LogP contribution in [-0.2, 0) is 0 Å². The molecule has 3 rings (SSSR count). The highest BCUT2D eigenvalue weighted by Crippen LogP contribution is 2.31. The minimum absolute atomic E-state index is 0. The maximum absolute atomic E-state index is 13.0. The quantitative estimate of drug-likeness (QED) is 0.365. The third kappa shape index (κ3) is 4.34. The number of benzene rings is 2. The van der Waals surface area contributed by atoms with E-state index in [0.717, 1.165) is 31.4 Å². The predicted octanol–water partition coefficient (Wildman–Crippen LogP) is 2.50. The van der Waals surface area contributed by atoms with Gasteiger partial charge in [-0.25, -0.2) is 0 Å². The van der Waals surface area contributed by atoms with E-state index >= 15 is 0 Å². The van der Waals surface area contributed by atoms with Crippen LogP contribution in [-0.4, -0.2) is 42.6 Å².